The summed E-state index contributed by atoms with van der Waals surface area (Å²) in [5, 5.41) is 0. The molecule has 0 bridgehead atoms. The van der Waals surface area contributed by atoms with Crippen LogP contribution in [0.25, 0.3) is 0 Å². The number of allylic oxidation sites excluding steroid dienone is 2. The van der Waals surface area contributed by atoms with Gasteiger partial charge in [0, 0.05) is 5.41 Å². The predicted octanol–water partition coefficient (Wildman–Crippen LogP) is 4.33. The summed E-state index contributed by atoms with van der Waals surface area (Å²) >= 11 is 0. The standard InChI is InChI=1S/C20H28O2/c1-3-20-13(7-9-17(21)18(20)22)6-8-14-15-5-4-11-19(15,2)12-10-16(14)20/h7,9,13-16H,3-6,8,10-12H2,1-2H3/t13?,14-,15-,16-,19-,20-/m0/s1. The van der Waals surface area contributed by atoms with Crippen molar-refractivity contribution in [2.45, 2.75) is 65.2 Å². The number of fused-ring (bicyclic) bond motifs is 5. The van der Waals surface area contributed by atoms with E-state index in [1.807, 2.05) is 0 Å². The number of hydrogen-bond donors (Lipinski definition) is 0. The molecule has 4 aliphatic rings. The van der Waals surface area contributed by atoms with Gasteiger partial charge in [0.15, 0.2) is 0 Å². The molecule has 2 heteroatoms. The molecule has 0 saturated heterocycles. The second-order valence-electron chi connectivity index (χ2n) is 8.59. The van der Waals surface area contributed by atoms with Crippen LogP contribution in [0, 0.1) is 34.5 Å². The molecule has 1 unspecified atom stereocenters. The van der Waals surface area contributed by atoms with Crippen molar-refractivity contribution in [2.24, 2.45) is 34.5 Å². The number of carbonyl (C=O) groups is 2. The van der Waals surface area contributed by atoms with E-state index in [1.54, 1.807) is 6.08 Å². The fourth-order valence-electron chi connectivity index (χ4n) is 7.03. The Labute approximate surface area is 133 Å². The van der Waals surface area contributed by atoms with Crippen LogP contribution in [0.15, 0.2) is 12.2 Å². The molecule has 0 N–H and O–H groups in total. The Hall–Kier alpha value is -0.920. The van der Waals surface area contributed by atoms with Crippen LogP contribution in [0.1, 0.15) is 65.2 Å². The Kier molecular flexibility index (Phi) is 3.19. The summed E-state index contributed by atoms with van der Waals surface area (Å²) < 4.78 is 0. The van der Waals surface area contributed by atoms with Crippen molar-refractivity contribution in [1.82, 2.24) is 0 Å². The Morgan fingerprint density at radius 2 is 1.91 bits per heavy atom. The van der Waals surface area contributed by atoms with Crippen LogP contribution in [-0.2, 0) is 9.59 Å². The van der Waals surface area contributed by atoms with Gasteiger partial charge in [-0.25, -0.2) is 0 Å². The van der Waals surface area contributed by atoms with Crippen LogP contribution >= 0.6 is 0 Å². The largest absolute Gasteiger partial charge is 0.290 e. The van der Waals surface area contributed by atoms with Gasteiger partial charge in [-0.15, -0.1) is 0 Å². The summed E-state index contributed by atoms with van der Waals surface area (Å²) in [7, 11) is 0. The highest BCUT2D eigenvalue weighted by Gasteiger charge is 2.61. The predicted molar refractivity (Wildman–Crippen MR) is 86.3 cm³/mol. The number of Topliss-reactive ketones (excluding diaryl/α,β-unsaturated/α-hetero) is 1. The van der Waals surface area contributed by atoms with E-state index in [1.165, 1.54) is 32.1 Å². The highest BCUT2D eigenvalue weighted by molar-refractivity contribution is 6.44. The lowest BCUT2D eigenvalue weighted by Gasteiger charge is -2.58. The van der Waals surface area contributed by atoms with Crippen molar-refractivity contribution in [3.05, 3.63) is 12.2 Å². The lowest BCUT2D eigenvalue weighted by molar-refractivity contribution is -0.156. The average Bonchev–Trinajstić information content (AvgIpc) is 2.92. The minimum atomic E-state index is -0.362. The van der Waals surface area contributed by atoms with Gasteiger partial charge in [-0.1, -0.05) is 26.3 Å². The molecular weight excluding hydrogens is 272 g/mol. The van der Waals surface area contributed by atoms with Crippen LogP contribution in [0.2, 0.25) is 0 Å². The van der Waals surface area contributed by atoms with Crippen LogP contribution in [0.4, 0.5) is 0 Å². The quantitative estimate of drug-likeness (QED) is 0.675. The van der Waals surface area contributed by atoms with Crippen LogP contribution in [-0.4, -0.2) is 11.6 Å². The van der Waals surface area contributed by atoms with Crippen LogP contribution in [0.3, 0.4) is 0 Å². The molecule has 0 radical (unpaired) electrons. The molecule has 6 atom stereocenters. The fourth-order valence-corrected chi connectivity index (χ4v) is 7.03. The van der Waals surface area contributed by atoms with Gasteiger partial charge in [-0.05, 0) is 80.1 Å². The highest BCUT2D eigenvalue weighted by atomic mass is 16.2. The monoisotopic (exact) mass is 300 g/mol. The third-order valence-corrected chi connectivity index (χ3v) is 8.06. The van der Waals surface area contributed by atoms with E-state index in [2.05, 4.69) is 19.9 Å². The van der Waals surface area contributed by atoms with Crippen LogP contribution in [0.5, 0.6) is 0 Å². The second kappa shape index (κ2) is 4.79. The van der Waals surface area contributed by atoms with E-state index in [0.717, 1.165) is 25.2 Å². The van der Waals surface area contributed by atoms with Crippen LogP contribution < -0.4 is 0 Å². The van der Waals surface area contributed by atoms with Gasteiger partial charge in [-0.2, -0.15) is 0 Å². The number of hydrogen-bond acceptors (Lipinski definition) is 2. The minimum absolute atomic E-state index is 0.0567. The number of ketones is 2. The van der Waals surface area contributed by atoms with E-state index in [9.17, 15) is 9.59 Å². The zero-order valence-corrected chi connectivity index (χ0v) is 13.9. The first-order valence-electron chi connectivity index (χ1n) is 9.30. The normalized spacial score (nSPS) is 50.5. The van der Waals surface area contributed by atoms with Crippen molar-refractivity contribution < 1.29 is 9.59 Å². The van der Waals surface area contributed by atoms with Gasteiger partial charge in [0.05, 0.1) is 0 Å². The maximum Gasteiger partial charge on any atom is 0.221 e. The molecule has 0 spiro atoms. The number of rotatable bonds is 1. The Balaban J connectivity index is 1.77. The van der Waals surface area contributed by atoms with Crippen molar-refractivity contribution >= 4 is 11.6 Å². The molecule has 0 amide bonds. The second-order valence-corrected chi connectivity index (χ2v) is 8.59. The van der Waals surface area contributed by atoms with Gasteiger partial charge < -0.3 is 0 Å². The van der Waals surface area contributed by atoms with E-state index < -0.39 is 0 Å². The summed E-state index contributed by atoms with van der Waals surface area (Å²) in [6.07, 6.45) is 13.4. The van der Waals surface area contributed by atoms with E-state index >= 15 is 0 Å². The summed E-state index contributed by atoms with van der Waals surface area (Å²) in [5.74, 6) is 1.95. The third-order valence-electron chi connectivity index (χ3n) is 8.06. The van der Waals surface area contributed by atoms with E-state index in [4.69, 9.17) is 0 Å². The molecule has 4 aliphatic carbocycles. The minimum Gasteiger partial charge on any atom is -0.290 e. The van der Waals surface area contributed by atoms with Gasteiger partial charge in [0.1, 0.15) is 0 Å². The van der Waals surface area contributed by atoms with Crippen molar-refractivity contribution in [2.75, 3.05) is 0 Å². The summed E-state index contributed by atoms with van der Waals surface area (Å²) in [6.45, 7) is 4.63. The zero-order chi connectivity index (χ0) is 15.5. The van der Waals surface area contributed by atoms with Crippen molar-refractivity contribution in [3.63, 3.8) is 0 Å². The molecule has 0 heterocycles. The Morgan fingerprint density at radius 3 is 2.68 bits per heavy atom. The lowest BCUT2D eigenvalue weighted by Crippen LogP contribution is -2.57. The first-order chi connectivity index (χ1) is 10.5. The summed E-state index contributed by atoms with van der Waals surface area (Å²) in [6, 6.07) is 0. The van der Waals surface area contributed by atoms with Gasteiger partial charge >= 0.3 is 0 Å². The Bertz CT molecular complexity index is 548. The van der Waals surface area contributed by atoms with Gasteiger partial charge in [-0.3, -0.25) is 9.59 Å². The maximum absolute atomic E-state index is 12.9. The lowest BCUT2D eigenvalue weighted by atomic mass is 9.44. The molecule has 3 saturated carbocycles. The molecule has 120 valence electrons. The number of carbonyl (C=O) groups excluding carboxylic acids is 2. The molecule has 0 aromatic carbocycles. The summed E-state index contributed by atoms with van der Waals surface area (Å²) in [5.41, 5.74) is 0.152. The van der Waals surface area contributed by atoms with E-state index in [-0.39, 0.29) is 17.0 Å². The summed E-state index contributed by atoms with van der Waals surface area (Å²) in [4.78, 5) is 25.1. The maximum atomic E-state index is 12.9. The first-order valence-corrected chi connectivity index (χ1v) is 9.30. The fraction of sp³-hybridized carbons (Fsp3) is 0.800. The molecule has 3 fully saturated rings. The van der Waals surface area contributed by atoms with Crippen molar-refractivity contribution in [3.8, 4) is 0 Å². The average molecular weight is 300 g/mol. The SMILES string of the molecule is CC[C@]12C(=O)C(=O)C=CC1CC[C@H]1[C@@H]3CCC[C@@]3(C)CC[C@@H]12. The van der Waals surface area contributed by atoms with Gasteiger partial charge in [0.25, 0.3) is 0 Å². The first kappa shape index (κ1) is 14.7. The topological polar surface area (TPSA) is 34.1 Å². The zero-order valence-electron chi connectivity index (χ0n) is 13.9. The van der Waals surface area contributed by atoms with Gasteiger partial charge in [0.2, 0.25) is 11.6 Å². The molecule has 0 aromatic heterocycles. The molecular formula is C20H28O2. The van der Waals surface area contributed by atoms with Crippen molar-refractivity contribution in [1.29, 1.82) is 0 Å². The Morgan fingerprint density at radius 1 is 1.09 bits per heavy atom. The third kappa shape index (κ3) is 1.67. The molecule has 4 rings (SSSR count). The van der Waals surface area contributed by atoms with E-state index in [0.29, 0.717) is 23.2 Å². The molecule has 0 aliphatic heterocycles. The smallest absolute Gasteiger partial charge is 0.221 e. The highest BCUT2D eigenvalue weighted by Crippen LogP contribution is 2.65. The molecule has 2 nitrogen and oxygen atoms in total. The molecule has 0 aromatic rings. The molecule has 22 heavy (non-hydrogen) atoms.